The summed E-state index contributed by atoms with van der Waals surface area (Å²) in [4.78, 5) is 14.4. The van der Waals surface area contributed by atoms with Gasteiger partial charge in [-0.1, -0.05) is 27.2 Å². The molecule has 7 heteroatoms. The van der Waals surface area contributed by atoms with Crippen LogP contribution in [0.15, 0.2) is 28.7 Å². The largest absolute Gasteiger partial charge is 0.336 e. The lowest BCUT2D eigenvalue weighted by atomic mass is 10.2. The van der Waals surface area contributed by atoms with Crippen molar-refractivity contribution in [1.82, 2.24) is 25.2 Å². The highest BCUT2D eigenvalue weighted by molar-refractivity contribution is 9.10. The Morgan fingerprint density at radius 3 is 3.00 bits per heavy atom. The molecule has 1 aromatic carbocycles. The summed E-state index contributed by atoms with van der Waals surface area (Å²) in [6, 6.07) is 7.98. The van der Waals surface area contributed by atoms with E-state index < -0.39 is 0 Å². The second kappa shape index (κ2) is 6.18. The Labute approximate surface area is 137 Å². The molecule has 2 aromatic rings. The minimum Gasteiger partial charge on any atom is -0.336 e. The Balaban J connectivity index is 1.88. The minimum atomic E-state index is -0.0764. The van der Waals surface area contributed by atoms with Gasteiger partial charge < -0.3 is 10.2 Å². The normalized spacial score (nSPS) is 17.7. The number of rotatable bonds is 3. The summed E-state index contributed by atoms with van der Waals surface area (Å²) in [6.07, 6.45) is 0.973. The number of nitrogens with one attached hydrogen (secondary N) is 1. The highest BCUT2D eigenvalue weighted by atomic mass is 79.9. The molecule has 2 heterocycles. The van der Waals surface area contributed by atoms with E-state index in [1.54, 1.807) is 9.58 Å². The maximum atomic E-state index is 12.6. The average molecular weight is 364 g/mol. The van der Waals surface area contributed by atoms with Gasteiger partial charge in [0.2, 0.25) is 0 Å². The molecule has 1 aliphatic rings. The van der Waals surface area contributed by atoms with Crippen LogP contribution in [0.5, 0.6) is 0 Å². The Bertz CT molecular complexity index is 693. The third-order valence-corrected chi connectivity index (χ3v) is 4.55. The summed E-state index contributed by atoms with van der Waals surface area (Å²) >= 11 is 3.44. The first-order chi connectivity index (χ1) is 10.6. The first-order valence-electron chi connectivity index (χ1n) is 7.24. The van der Waals surface area contributed by atoms with Crippen LogP contribution in [0.1, 0.15) is 22.6 Å². The van der Waals surface area contributed by atoms with E-state index in [-0.39, 0.29) is 11.9 Å². The zero-order valence-corrected chi connectivity index (χ0v) is 14.2. The van der Waals surface area contributed by atoms with Crippen LogP contribution in [0.3, 0.4) is 0 Å². The van der Waals surface area contributed by atoms with Crippen molar-refractivity contribution in [2.75, 3.05) is 20.1 Å². The number of amides is 1. The van der Waals surface area contributed by atoms with Gasteiger partial charge in [-0.25, -0.2) is 4.68 Å². The fraction of sp³-hybridized carbons (Fsp3) is 0.400. The zero-order valence-electron chi connectivity index (χ0n) is 12.6. The standard InChI is InChI=1S/C15H18BrN5O/c1-10-14(15(22)20(2)13-6-7-17-9-13)18-19-21(10)12-5-3-4-11(16)8-12/h3-5,8,13,17H,6-7,9H2,1-2H3/t13-/m1/s1. The summed E-state index contributed by atoms with van der Waals surface area (Å²) in [7, 11) is 1.83. The van der Waals surface area contributed by atoms with E-state index in [2.05, 4.69) is 31.6 Å². The molecule has 0 radical (unpaired) electrons. The molecule has 116 valence electrons. The number of carbonyl (C=O) groups is 1. The number of carbonyl (C=O) groups excluding carboxylic acids is 1. The van der Waals surface area contributed by atoms with Gasteiger partial charge in [-0.3, -0.25) is 4.79 Å². The first-order valence-corrected chi connectivity index (χ1v) is 8.03. The fourth-order valence-corrected chi connectivity index (χ4v) is 3.07. The van der Waals surface area contributed by atoms with Crippen molar-refractivity contribution in [2.24, 2.45) is 0 Å². The summed E-state index contributed by atoms with van der Waals surface area (Å²) in [5.74, 6) is -0.0764. The third kappa shape index (κ3) is 2.78. The summed E-state index contributed by atoms with van der Waals surface area (Å²) < 4.78 is 2.65. The predicted octanol–water partition coefficient (Wildman–Crippen LogP) is 1.77. The van der Waals surface area contributed by atoms with Gasteiger partial charge in [0.15, 0.2) is 5.69 Å². The van der Waals surface area contributed by atoms with Crippen molar-refractivity contribution in [3.8, 4) is 5.69 Å². The van der Waals surface area contributed by atoms with Gasteiger partial charge in [0.25, 0.3) is 5.91 Å². The number of benzene rings is 1. The molecule has 0 saturated carbocycles. The van der Waals surface area contributed by atoms with Crippen LogP contribution in [-0.4, -0.2) is 52.0 Å². The second-order valence-corrected chi connectivity index (χ2v) is 6.39. The molecule has 1 N–H and O–H groups in total. The number of halogens is 1. The number of likely N-dealkylation sites (N-methyl/N-ethyl adjacent to an activating group) is 1. The van der Waals surface area contributed by atoms with E-state index in [9.17, 15) is 4.79 Å². The molecule has 6 nitrogen and oxygen atoms in total. The Morgan fingerprint density at radius 2 is 2.32 bits per heavy atom. The van der Waals surface area contributed by atoms with Crippen molar-refractivity contribution in [3.63, 3.8) is 0 Å². The van der Waals surface area contributed by atoms with Crippen LogP contribution in [-0.2, 0) is 0 Å². The number of aromatic nitrogens is 3. The molecular formula is C15H18BrN5O. The molecule has 1 fully saturated rings. The van der Waals surface area contributed by atoms with Crippen molar-refractivity contribution in [3.05, 3.63) is 40.1 Å². The van der Waals surface area contributed by atoms with Crippen molar-refractivity contribution in [2.45, 2.75) is 19.4 Å². The lowest BCUT2D eigenvalue weighted by Gasteiger charge is -2.22. The SMILES string of the molecule is Cc1c(C(=O)N(C)[C@@H]2CCNC2)nnn1-c1cccc(Br)c1. The monoisotopic (exact) mass is 363 g/mol. The van der Waals surface area contributed by atoms with E-state index in [0.29, 0.717) is 5.69 Å². The molecule has 0 bridgehead atoms. The first kappa shape index (κ1) is 15.2. The van der Waals surface area contributed by atoms with Gasteiger partial charge >= 0.3 is 0 Å². The number of hydrogen-bond donors (Lipinski definition) is 1. The number of hydrogen-bond acceptors (Lipinski definition) is 4. The van der Waals surface area contributed by atoms with Gasteiger partial charge in [0.05, 0.1) is 11.4 Å². The van der Waals surface area contributed by atoms with E-state index in [1.807, 2.05) is 38.2 Å². The highest BCUT2D eigenvalue weighted by Crippen LogP contribution is 2.18. The van der Waals surface area contributed by atoms with Gasteiger partial charge in [-0.15, -0.1) is 5.10 Å². The van der Waals surface area contributed by atoms with Crippen LogP contribution in [0, 0.1) is 6.92 Å². The Morgan fingerprint density at radius 1 is 1.50 bits per heavy atom. The van der Waals surface area contributed by atoms with Crippen molar-refractivity contribution < 1.29 is 4.79 Å². The maximum absolute atomic E-state index is 12.6. The molecular weight excluding hydrogens is 346 g/mol. The number of nitrogens with zero attached hydrogens (tertiary/aromatic N) is 4. The molecule has 0 aliphatic carbocycles. The van der Waals surface area contributed by atoms with Crippen molar-refractivity contribution >= 4 is 21.8 Å². The van der Waals surface area contributed by atoms with E-state index >= 15 is 0 Å². The van der Waals surface area contributed by atoms with Crippen LogP contribution < -0.4 is 5.32 Å². The molecule has 3 rings (SSSR count). The lowest BCUT2D eigenvalue weighted by molar-refractivity contribution is 0.0737. The summed E-state index contributed by atoms with van der Waals surface area (Å²) in [6.45, 7) is 3.65. The van der Waals surface area contributed by atoms with Gasteiger partial charge in [-0.2, -0.15) is 0 Å². The van der Waals surface area contributed by atoms with Crippen molar-refractivity contribution in [1.29, 1.82) is 0 Å². The van der Waals surface area contributed by atoms with Crippen LogP contribution in [0.25, 0.3) is 5.69 Å². The molecule has 22 heavy (non-hydrogen) atoms. The minimum absolute atomic E-state index is 0.0764. The molecule has 1 aromatic heterocycles. The quantitative estimate of drug-likeness (QED) is 0.902. The van der Waals surface area contributed by atoms with E-state index in [1.165, 1.54) is 0 Å². The maximum Gasteiger partial charge on any atom is 0.276 e. The van der Waals surface area contributed by atoms with Gasteiger partial charge in [0.1, 0.15) is 0 Å². The molecule has 1 saturated heterocycles. The van der Waals surface area contributed by atoms with Gasteiger partial charge in [0, 0.05) is 24.1 Å². The Hall–Kier alpha value is -1.73. The molecule has 0 unspecified atom stereocenters. The molecule has 1 atom stereocenters. The fourth-order valence-electron chi connectivity index (χ4n) is 2.68. The van der Waals surface area contributed by atoms with Crippen LogP contribution in [0.2, 0.25) is 0 Å². The molecule has 0 spiro atoms. The van der Waals surface area contributed by atoms with Crippen LogP contribution in [0.4, 0.5) is 0 Å². The second-order valence-electron chi connectivity index (χ2n) is 5.48. The molecule has 1 aliphatic heterocycles. The topological polar surface area (TPSA) is 63.1 Å². The predicted molar refractivity (Wildman–Crippen MR) is 87.2 cm³/mol. The van der Waals surface area contributed by atoms with E-state index in [0.717, 1.165) is 35.4 Å². The lowest BCUT2D eigenvalue weighted by Crippen LogP contribution is -2.38. The van der Waals surface area contributed by atoms with E-state index in [4.69, 9.17) is 0 Å². The van der Waals surface area contributed by atoms with Gasteiger partial charge in [-0.05, 0) is 38.1 Å². The highest BCUT2D eigenvalue weighted by Gasteiger charge is 2.27. The molecule has 1 amide bonds. The Kier molecular flexibility index (Phi) is 4.26. The summed E-state index contributed by atoms with van der Waals surface area (Å²) in [5, 5.41) is 11.5. The van der Waals surface area contributed by atoms with Crippen LogP contribution >= 0.6 is 15.9 Å². The smallest absolute Gasteiger partial charge is 0.276 e. The third-order valence-electron chi connectivity index (χ3n) is 4.05. The average Bonchev–Trinajstić information content (AvgIpc) is 3.15. The summed E-state index contributed by atoms with van der Waals surface area (Å²) in [5.41, 5.74) is 2.04. The zero-order chi connectivity index (χ0) is 15.7.